The Bertz CT molecular complexity index is 1000. The second kappa shape index (κ2) is 6.95. The van der Waals surface area contributed by atoms with Gasteiger partial charge >= 0.3 is 5.97 Å². The lowest BCUT2D eigenvalue weighted by Gasteiger charge is -2.25. The molecule has 0 amide bonds. The zero-order valence-corrected chi connectivity index (χ0v) is 15.0. The number of carbonyl (C=O) groups excluding carboxylic acids is 1. The third kappa shape index (κ3) is 3.47. The van der Waals surface area contributed by atoms with E-state index in [0.29, 0.717) is 25.7 Å². The molecule has 0 fully saturated rings. The van der Waals surface area contributed by atoms with Gasteiger partial charge in [-0.3, -0.25) is 14.6 Å². The summed E-state index contributed by atoms with van der Waals surface area (Å²) in [6.45, 7) is 0. The highest BCUT2D eigenvalue weighted by Gasteiger charge is 2.44. The maximum atomic E-state index is 13.1. The molecule has 0 bridgehead atoms. The van der Waals surface area contributed by atoms with Gasteiger partial charge in [-0.15, -0.1) is 0 Å². The SMILES string of the molecule is O=C(O)CC1(C(=O)CCc2ccc3ccccc3n2)Cc2ccccc2C1. The van der Waals surface area contributed by atoms with Crippen molar-refractivity contribution < 1.29 is 14.7 Å². The maximum absolute atomic E-state index is 13.1. The molecule has 0 saturated heterocycles. The number of ketones is 1. The minimum absolute atomic E-state index is 0.0241. The van der Waals surface area contributed by atoms with Crippen LogP contribution in [0.3, 0.4) is 0 Å². The van der Waals surface area contributed by atoms with Crippen molar-refractivity contribution in [2.75, 3.05) is 0 Å². The highest BCUT2D eigenvalue weighted by molar-refractivity contribution is 5.90. The lowest BCUT2D eigenvalue weighted by atomic mass is 9.75. The predicted molar refractivity (Wildman–Crippen MR) is 104 cm³/mol. The fraction of sp³-hybridized carbons (Fsp3) is 0.261. The summed E-state index contributed by atoms with van der Waals surface area (Å²) in [6, 6.07) is 19.7. The lowest BCUT2D eigenvalue weighted by Crippen LogP contribution is -2.35. The topological polar surface area (TPSA) is 67.3 Å². The summed E-state index contributed by atoms with van der Waals surface area (Å²) in [4.78, 5) is 29.2. The highest BCUT2D eigenvalue weighted by atomic mass is 16.4. The molecular weight excluding hydrogens is 338 g/mol. The Labute approximate surface area is 157 Å². The van der Waals surface area contributed by atoms with Gasteiger partial charge in [0.1, 0.15) is 5.78 Å². The van der Waals surface area contributed by atoms with Crippen molar-refractivity contribution in [2.45, 2.75) is 32.1 Å². The maximum Gasteiger partial charge on any atom is 0.304 e. The quantitative estimate of drug-likeness (QED) is 0.722. The Balaban J connectivity index is 1.53. The molecule has 0 radical (unpaired) electrons. The molecule has 136 valence electrons. The molecule has 4 nitrogen and oxygen atoms in total. The molecule has 1 aliphatic rings. The zero-order chi connectivity index (χ0) is 18.9. The molecule has 4 heteroatoms. The number of aryl methyl sites for hydroxylation is 1. The number of hydrogen-bond acceptors (Lipinski definition) is 3. The van der Waals surface area contributed by atoms with E-state index in [-0.39, 0.29) is 12.2 Å². The molecule has 3 aromatic rings. The van der Waals surface area contributed by atoms with E-state index in [1.165, 1.54) is 0 Å². The average Bonchev–Trinajstić information content (AvgIpc) is 3.04. The Morgan fingerprint density at radius 1 is 0.926 bits per heavy atom. The number of nitrogens with zero attached hydrogens (tertiary/aromatic N) is 1. The Morgan fingerprint density at radius 3 is 2.30 bits per heavy atom. The fourth-order valence-electron chi connectivity index (χ4n) is 4.16. The summed E-state index contributed by atoms with van der Waals surface area (Å²) in [5.41, 5.74) is 3.14. The van der Waals surface area contributed by atoms with Gasteiger partial charge in [0.05, 0.1) is 11.9 Å². The molecule has 1 heterocycles. The molecule has 2 aromatic carbocycles. The number of Topliss-reactive ketones (excluding diaryl/α,β-unsaturated/α-hetero) is 1. The molecule has 1 aromatic heterocycles. The number of aromatic nitrogens is 1. The summed E-state index contributed by atoms with van der Waals surface area (Å²) in [6.07, 6.45) is 1.75. The number of fused-ring (bicyclic) bond motifs is 2. The van der Waals surface area contributed by atoms with Crippen molar-refractivity contribution >= 4 is 22.7 Å². The van der Waals surface area contributed by atoms with Gasteiger partial charge in [0.25, 0.3) is 0 Å². The van der Waals surface area contributed by atoms with E-state index < -0.39 is 11.4 Å². The van der Waals surface area contributed by atoms with E-state index in [1.54, 1.807) is 0 Å². The van der Waals surface area contributed by atoms with Crippen molar-refractivity contribution in [3.05, 3.63) is 77.5 Å². The number of pyridine rings is 1. The smallest absolute Gasteiger partial charge is 0.304 e. The first-order valence-corrected chi connectivity index (χ1v) is 9.22. The van der Waals surface area contributed by atoms with Crippen LogP contribution in [0.5, 0.6) is 0 Å². The first-order chi connectivity index (χ1) is 13.1. The predicted octanol–water partition coefficient (Wildman–Crippen LogP) is 4.00. The Morgan fingerprint density at radius 2 is 1.59 bits per heavy atom. The highest BCUT2D eigenvalue weighted by Crippen LogP contribution is 2.41. The van der Waals surface area contributed by atoms with Crippen molar-refractivity contribution in [3.8, 4) is 0 Å². The van der Waals surface area contributed by atoms with Gasteiger partial charge < -0.3 is 5.11 Å². The van der Waals surface area contributed by atoms with Crippen LogP contribution >= 0.6 is 0 Å². The van der Waals surface area contributed by atoms with Gasteiger partial charge in [0.2, 0.25) is 0 Å². The Kier molecular flexibility index (Phi) is 4.48. The number of benzene rings is 2. The van der Waals surface area contributed by atoms with Crippen LogP contribution in [-0.4, -0.2) is 21.8 Å². The number of rotatable bonds is 6. The van der Waals surface area contributed by atoms with Crippen molar-refractivity contribution in [1.82, 2.24) is 4.98 Å². The third-order valence-electron chi connectivity index (χ3n) is 5.52. The van der Waals surface area contributed by atoms with E-state index in [0.717, 1.165) is 27.7 Å². The monoisotopic (exact) mass is 359 g/mol. The number of carbonyl (C=O) groups is 2. The number of carboxylic acids is 1. The van der Waals surface area contributed by atoms with E-state index in [9.17, 15) is 14.7 Å². The van der Waals surface area contributed by atoms with Gasteiger partial charge in [-0.05, 0) is 42.5 Å². The third-order valence-corrected chi connectivity index (χ3v) is 5.52. The molecule has 0 atom stereocenters. The normalized spacial score (nSPS) is 14.8. The molecule has 1 aliphatic carbocycles. The molecule has 1 N–H and O–H groups in total. The summed E-state index contributed by atoms with van der Waals surface area (Å²) in [5.74, 6) is -0.893. The first kappa shape index (κ1) is 17.4. The van der Waals surface area contributed by atoms with Crippen molar-refractivity contribution in [2.24, 2.45) is 5.41 Å². The lowest BCUT2D eigenvalue weighted by molar-refractivity contribution is -0.144. The number of hydrogen-bond donors (Lipinski definition) is 1. The molecular formula is C23H21NO3. The fourth-order valence-corrected chi connectivity index (χ4v) is 4.16. The van der Waals surface area contributed by atoms with E-state index in [4.69, 9.17) is 0 Å². The van der Waals surface area contributed by atoms with Gasteiger partial charge in [0.15, 0.2) is 0 Å². The summed E-state index contributed by atoms with van der Waals surface area (Å²) < 4.78 is 0. The average molecular weight is 359 g/mol. The minimum Gasteiger partial charge on any atom is -0.481 e. The molecule has 0 spiro atoms. The van der Waals surface area contributed by atoms with Crippen LogP contribution in [0.15, 0.2) is 60.7 Å². The van der Waals surface area contributed by atoms with Crippen molar-refractivity contribution in [3.63, 3.8) is 0 Å². The summed E-state index contributed by atoms with van der Waals surface area (Å²) in [7, 11) is 0. The second-order valence-corrected chi connectivity index (χ2v) is 7.39. The van der Waals surface area contributed by atoms with Crippen LogP contribution in [0.2, 0.25) is 0 Å². The Hall–Kier alpha value is -3.01. The minimum atomic E-state index is -0.917. The first-order valence-electron chi connectivity index (χ1n) is 9.22. The summed E-state index contributed by atoms with van der Waals surface area (Å²) >= 11 is 0. The van der Waals surface area contributed by atoms with Crippen LogP contribution in [-0.2, 0) is 28.9 Å². The van der Waals surface area contributed by atoms with Crippen LogP contribution in [0.1, 0.15) is 29.7 Å². The molecule has 0 saturated carbocycles. The second-order valence-electron chi connectivity index (χ2n) is 7.39. The van der Waals surface area contributed by atoms with E-state index in [1.807, 2.05) is 60.7 Å². The van der Waals surface area contributed by atoms with Gasteiger partial charge in [-0.2, -0.15) is 0 Å². The standard InChI is InChI=1S/C23H21NO3/c25-21(12-11-19-10-9-16-5-3-4-8-20(16)24-19)23(15-22(26)27)13-17-6-1-2-7-18(17)14-23/h1-10H,11-15H2,(H,26,27). The van der Waals surface area contributed by atoms with Crippen LogP contribution in [0, 0.1) is 5.41 Å². The largest absolute Gasteiger partial charge is 0.481 e. The molecule has 4 rings (SSSR count). The van der Waals surface area contributed by atoms with Gasteiger partial charge in [-0.1, -0.05) is 48.5 Å². The van der Waals surface area contributed by atoms with E-state index in [2.05, 4.69) is 4.98 Å². The number of carboxylic acid groups (broad SMARTS) is 1. The number of aliphatic carboxylic acids is 1. The van der Waals surface area contributed by atoms with Crippen LogP contribution in [0.25, 0.3) is 10.9 Å². The zero-order valence-electron chi connectivity index (χ0n) is 15.0. The van der Waals surface area contributed by atoms with E-state index >= 15 is 0 Å². The molecule has 0 aliphatic heterocycles. The van der Waals surface area contributed by atoms with Crippen LogP contribution in [0.4, 0.5) is 0 Å². The number of para-hydroxylation sites is 1. The molecule has 27 heavy (non-hydrogen) atoms. The summed E-state index contributed by atoms with van der Waals surface area (Å²) in [5, 5.41) is 10.5. The van der Waals surface area contributed by atoms with Crippen molar-refractivity contribution in [1.29, 1.82) is 0 Å². The van der Waals surface area contributed by atoms with Crippen LogP contribution < -0.4 is 0 Å². The molecule has 0 unspecified atom stereocenters. The van der Waals surface area contributed by atoms with Gasteiger partial charge in [-0.25, -0.2) is 0 Å². The van der Waals surface area contributed by atoms with Gasteiger partial charge in [0, 0.05) is 22.9 Å².